The van der Waals surface area contributed by atoms with Gasteiger partial charge in [-0.15, -0.1) is 11.6 Å². The van der Waals surface area contributed by atoms with E-state index in [0.717, 1.165) is 29.8 Å². The first-order chi connectivity index (χ1) is 9.38. The largest absolute Gasteiger partial charge is 0.338 e. The fourth-order valence-corrected chi connectivity index (χ4v) is 2.59. The lowest BCUT2D eigenvalue weighted by Gasteiger charge is -2.37. The van der Waals surface area contributed by atoms with Crippen molar-refractivity contribution in [2.75, 3.05) is 17.3 Å². The van der Waals surface area contributed by atoms with Crippen LogP contribution in [0.5, 0.6) is 0 Å². The van der Waals surface area contributed by atoms with Crippen molar-refractivity contribution in [2.45, 2.75) is 31.7 Å². The third-order valence-electron chi connectivity index (χ3n) is 3.78. The van der Waals surface area contributed by atoms with Gasteiger partial charge in [-0.3, -0.25) is 0 Å². The summed E-state index contributed by atoms with van der Waals surface area (Å²) >= 11 is 5.83. The average molecular weight is 276 g/mol. The second kappa shape index (κ2) is 5.74. The molecule has 1 saturated carbocycles. The van der Waals surface area contributed by atoms with E-state index in [0.29, 0.717) is 11.9 Å². The lowest BCUT2D eigenvalue weighted by atomic mass is 9.91. The summed E-state index contributed by atoms with van der Waals surface area (Å²) in [7, 11) is 0. The normalized spacial score (nSPS) is 15.4. The summed E-state index contributed by atoms with van der Waals surface area (Å²) in [4.78, 5) is 11.6. The molecule has 1 aromatic heterocycles. The smallest absolute Gasteiger partial charge is 0.226 e. The van der Waals surface area contributed by atoms with E-state index in [1.807, 2.05) is 30.5 Å². The molecule has 3 rings (SSSR count). The number of aromatic nitrogens is 2. The van der Waals surface area contributed by atoms with Crippen LogP contribution in [0, 0.1) is 0 Å². The Hall–Kier alpha value is -1.35. The van der Waals surface area contributed by atoms with Gasteiger partial charge < -0.3 is 4.90 Å². The highest BCUT2D eigenvalue weighted by molar-refractivity contribution is 6.17. The van der Waals surface area contributed by atoms with Crippen LogP contribution in [-0.2, 0) is 0 Å². The number of para-hydroxylation sites is 1. The van der Waals surface area contributed by atoms with Crippen LogP contribution in [0.3, 0.4) is 0 Å². The second-order valence-electron chi connectivity index (χ2n) is 5.05. The molecular weight excluding hydrogens is 258 g/mol. The Morgan fingerprint density at radius 3 is 2.84 bits per heavy atom. The van der Waals surface area contributed by atoms with E-state index in [1.54, 1.807) is 0 Å². The lowest BCUT2D eigenvalue weighted by molar-refractivity contribution is 0.382. The third-order valence-corrected chi connectivity index (χ3v) is 4.05. The summed E-state index contributed by atoms with van der Waals surface area (Å²) in [6, 6.07) is 8.73. The molecule has 19 heavy (non-hydrogen) atoms. The van der Waals surface area contributed by atoms with Crippen molar-refractivity contribution in [1.29, 1.82) is 0 Å². The topological polar surface area (TPSA) is 29.0 Å². The van der Waals surface area contributed by atoms with E-state index in [2.05, 4.69) is 9.88 Å². The van der Waals surface area contributed by atoms with Gasteiger partial charge in [-0.1, -0.05) is 18.2 Å². The third kappa shape index (κ3) is 2.66. The fraction of sp³-hybridized carbons (Fsp3) is 0.467. The zero-order valence-corrected chi connectivity index (χ0v) is 11.7. The molecule has 0 amide bonds. The van der Waals surface area contributed by atoms with Crippen molar-refractivity contribution >= 4 is 28.5 Å². The molecule has 0 radical (unpaired) electrons. The second-order valence-corrected chi connectivity index (χ2v) is 5.43. The summed E-state index contributed by atoms with van der Waals surface area (Å²) < 4.78 is 0. The Balaban J connectivity index is 1.89. The minimum absolute atomic E-state index is 0.601. The first-order valence-electron chi connectivity index (χ1n) is 6.93. The van der Waals surface area contributed by atoms with Crippen molar-refractivity contribution in [3.05, 3.63) is 30.5 Å². The van der Waals surface area contributed by atoms with Crippen molar-refractivity contribution in [2.24, 2.45) is 0 Å². The summed E-state index contributed by atoms with van der Waals surface area (Å²) in [5.41, 5.74) is 1.02. The van der Waals surface area contributed by atoms with Crippen LogP contribution in [0.1, 0.15) is 25.7 Å². The van der Waals surface area contributed by atoms with Gasteiger partial charge in [0, 0.05) is 30.0 Å². The number of nitrogens with zero attached hydrogens (tertiary/aromatic N) is 3. The molecule has 0 atom stereocenters. The van der Waals surface area contributed by atoms with Gasteiger partial charge in [0.25, 0.3) is 0 Å². The van der Waals surface area contributed by atoms with E-state index in [9.17, 15) is 0 Å². The fourth-order valence-electron chi connectivity index (χ4n) is 2.48. The summed E-state index contributed by atoms with van der Waals surface area (Å²) in [6.07, 6.45) is 6.71. The molecule has 2 aromatic rings. The van der Waals surface area contributed by atoms with Gasteiger partial charge in [-0.05, 0) is 31.7 Å². The number of anilines is 1. The molecule has 0 saturated heterocycles. The lowest BCUT2D eigenvalue weighted by Crippen LogP contribution is -2.42. The molecule has 0 unspecified atom stereocenters. The summed E-state index contributed by atoms with van der Waals surface area (Å²) in [6.45, 7) is 0.951. The van der Waals surface area contributed by atoms with Gasteiger partial charge in [-0.2, -0.15) is 0 Å². The molecular formula is C15H18ClN3. The van der Waals surface area contributed by atoms with E-state index >= 15 is 0 Å². The van der Waals surface area contributed by atoms with Crippen LogP contribution in [0.25, 0.3) is 10.9 Å². The highest BCUT2D eigenvalue weighted by atomic mass is 35.5. The van der Waals surface area contributed by atoms with Gasteiger partial charge in [-0.25, -0.2) is 9.97 Å². The van der Waals surface area contributed by atoms with E-state index in [1.165, 1.54) is 19.3 Å². The highest BCUT2D eigenvalue weighted by Gasteiger charge is 2.26. The maximum absolute atomic E-state index is 5.83. The maximum Gasteiger partial charge on any atom is 0.226 e. The number of alkyl halides is 1. The van der Waals surface area contributed by atoms with Crippen molar-refractivity contribution in [1.82, 2.24) is 9.97 Å². The number of hydrogen-bond acceptors (Lipinski definition) is 3. The Bertz CT molecular complexity index is 554. The molecule has 1 aliphatic rings. The number of hydrogen-bond donors (Lipinski definition) is 0. The average Bonchev–Trinajstić information content (AvgIpc) is 2.40. The minimum atomic E-state index is 0.601. The van der Waals surface area contributed by atoms with E-state index in [-0.39, 0.29) is 0 Å². The zero-order chi connectivity index (χ0) is 13.1. The Kier molecular flexibility index (Phi) is 3.83. The molecule has 0 bridgehead atoms. The zero-order valence-electron chi connectivity index (χ0n) is 10.9. The number of fused-ring (bicyclic) bond motifs is 1. The molecule has 1 fully saturated rings. The van der Waals surface area contributed by atoms with Gasteiger partial charge in [0.05, 0.1) is 5.52 Å². The minimum Gasteiger partial charge on any atom is -0.338 e. The van der Waals surface area contributed by atoms with Crippen LogP contribution in [0.4, 0.5) is 5.95 Å². The van der Waals surface area contributed by atoms with Gasteiger partial charge in [0.2, 0.25) is 5.95 Å². The van der Waals surface area contributed by atoms with Crippen LogP contribution < -0.4 is 4.90 Å². The number of halogens is 1. The molecule has 1 aliphatic carbocycles. The summed E-state index contributed by atoms with van der Waals surface area (Å²) in [5.74, 6) is 1.55. The SMILES string of the molecule is ClCCCN(c1ncc2ccccc2n1)C1CCC1. The van der Waals surface area contributed by atoms with Gasteiger partial charge >= 0.3 is 0 Å². The molecule has 1 aromatic carbocycles. The number of rotatable bonds is 5. The standard InChI is InChI=1S/C15H18ClN3/c16-9-4-10-19(13-6-3-7-13)15-17-11-12-5-1-2-8-14(12)18-15/h1-2,5,8,11,13H,3-4,6-7,9-10H2. The first kappa shape index (κ1) is 12.7. The molecule has 3 nitrogen and oxygen atoms in total. The van der Waals surface area contributed by atoms with Crippen LogP contribution in [0.15, 0.2) is 30.5 Å². The molecule has 0 spiro atoms. The van der Waals surface area contributed by atoms with Crippen LogP contribution in [0.2, 0.25) is 0 Å². The van der Waals surface area contributed by atoms with Crippen LogP contribution >= 0.6 is 11.6 Å². The van der Waals surface area contributed by atoms with E-state index in [4.69, 9.17) is 16.6 Å². The van der Waals surface area contributed by atoms with Crippen molar-refractivity contribution in [3.63, 3.8) is 0 Å². The molecule has 0 N–H and O–H groups in total. The Morgan fingerprint density at radius 2 is 2.11 bits per heavy atom. The summed E-state index contributed by atoms with van der Waals surface area (Å²) in [5, 5.41) is 1.09. The highest BCUT2D eigenvalue weighted by Crippen LogP contribution is 2.28. The molecule has 1 heterocycles. The van der Waals surface area contributed by atoms with Crippen molar-refractivity contribution in [3.8, 4) is 0 Å². The van der Waals surface area contributed by atoms with Crippen molar-refractivity contribution < 1.29 is 0 Å². The molecule has 0 aliphatic heterocycles. The molecule has 100 valence electrons. The monoisotopic (exact) mass is 275 g/mol. The van der Waals surface area contributed by atoms with Gasteiger partial charge in [0.1, 0.15) is 0 Å². The van der Waals surface area contributed by atoms with Crippen LogP contribution in [-0.4, -0.2) is 28.4 Å². The Morgan fingerprint density at radius 1 is 1.26 bits per heavy atom. The molecule has 4 heteroatoms. The predicted octanol–water partition coefficient (Wildman–Crippen LogP) is 3.62. The maximum atomic E-state index is 5.83. The quantitative estimate of drug-likeness (QED) is 0.781. The Labute approximate surface area is 118 Å². The predicted molar refractivity (Wildman–Crippen MR) is 79.9 cm³/mol. The van der Waals surface area contributed by atoms with E-state index < -0.39 is 0 Å². The number of benzene rings is 1. The van der Waals surface area contributed by atoms with Gasteiger partial charge in [0.15, 0.2) is 0 Å². The first-order valence-corrected chi connectivity index (χ1v) is 7.46.